The van der Waals surface area contributed by atoms with E-state index in [4.69, 9.17) is 28.9 Å². The lowest BCUT2D eigenvalue weighted by Crippen LogP contribution is -2.45. The minimum atomic E-state index is -5.07. The Morgan fingerprint density at radius 3 is 2.29 bits per heavy atom. The number of primary amides is 1. The Morgan fingerprint density at radius 2 is 1.74 bits per heavy atom. The first kappa shape index (κ1) is 27.3. The second-order valence-electron chi connectivity index (χ2n) is 8.45. The first-order chi connectivity index (χ1) is 16.0. The van der Waals surface area contributed by atoms with Gasteiger partial charge in [0.15, 0.2) is 5.82 Å². The van der Waals surface area contributed by atoms with E-state index in [9.17, 15) is 39.9 Å². The summed E-state index contributed by atoms with van der Waals surface area (Å²) in [7, 11) is 0. The number of alkyl halides is 6. The predicted molar refractivity (Wildman–Crippen MR) is 114 cm³/mol. The molecular formula is C22H18Cl2F8N2O. The highest BCUT2D eigenvalue weighted by molar-refractivity contribution is 6.35. The predicted octanol–water partition coefficient (Wildman–Crippen LogP) is 6.66. The van der Waals surface area contributed by atoms with Crippen molar-refractivity contribution in [1.29, 1.82) is 0 Å². The van der Waals surface area contributed by atoms with Gasteiger partial charge in [-0.05, 0) is 36.6 Å². The lowest BCUT2D eigenvalue weighted by Gasteiger charge is -2.33. The van der Waals surface area contributed by atoms with Crippen LogP contribution in [0.25, 0.3) is 0 Å². The number of carbonyl (C=O) groups is 1. The number of nitrogens with zero attached hydrogens (tertiary/aromatic N) is 1. The third-order valence-corrected chi connectivity index (χ3v) is 6.81. The van der Waals surface area contributed by atoms with Crippen LogP contribution in [0.2, 0.25) is 10.0 Å². The summed E-state index contributed by atoms with van der Waals surface area (Å²) < 4.78 is 113. The molecule has 2 unspecified atom stereocenters. The highest BCUT2D eigenvalue weighted by Gasteiger charge is 2.60. The number of amides is 1. The van der Waals surface area contributed by atoms with Gasteiger partial charge < -0.3 is 10.6 Å². The van der Waals surface area contributed by atoms with Crippen molar-refractivity contribution in [3.63, 3.8) is 0 Å². The van der Waals surface area contributed by atoms with Crippen LogP contribution in [0, 0.1) is 17.6 Å². The Hall–Kier alpha value is -2.27. The summed E-state index contributed by atoms with van der Waals surface area (Å²) in [6.07, 6.45) is -11.0. The summed E-state index contributed by atoms with van der Waals surface area (Å²) in [5.41, 5.74) is -0.349. The van der Waals surface area contributed by atoms with Gasteiger partial charge in [-0.15, -0.1) is 0 Å². The molecule has 2 aromatic carbocycles. The number of halogens is 10. The third kappa shape index (κ3) is 5.02. The summed E-state index contributed by atoms with van der Waals surface area (Å²) in [5.74, 6) is -4.78. The minimum Gasteiger partial charge on any atom is -0.370 e. The number of hydrogen-bond donors (Lipinski definition) is 1. The Kier molecular flexibility index (Phi) is 7.27. The molecule has 0 saturated carbocycles. The minimum absolute atomic E-state index is 0.196. The molecule has 1 amide bonds. The summed E-state index contributed by atoms with van der Waals surface area (Å²) in [6, 6.07) is 3.43. The van der Waals surface area contributed by atoms with Crippen LogP contribution in [0.3, 0.4) is 0 Å². The number of benzene rings is 2. The normalized spacial score (nSPS) is 19.8. The topological polar surface area (TPSA) is 46.3 Å². The van der Waals surface area contributed by atoms with Gasteiger partial charge in [0.05, 0.1) is 10.6 Å². The summed E-state index contributed by atoms with van der Waals surface area (Å²) in [5, 5.41) is -2.03. The van der Waals surface area contributed by atoms with Gasteiger partial charge in [0.1, 0.15) is 16.3 Å². The third-order valence-electron chi connectivity index (χ3n) is 6.21. The van der Waals surface area contributed by atoms with Gasteiger partial charge in [-0.3, -0.25) is 4.79 Å². The van der Waals surface area contributed by atoms with Crippen molar-refractivity contribution in [3.05, 3.63) is 62.6 Å². The monoisotopic (exact) mass is 548 g/mol. The molecule has 35 heavy (non-hydrogen) atoms. The largest absolute Gasteiger partial charge is 0.416 e. The Bertz CT molecular complexity index is 1150. The van der Waals surface area contributed by atoms with Crippen LogP contribution in [-0.4, -0.2) is 25.2 Å². The number of hydrogen-bond acceptors (Lipinski definition) is 2. The van der Waals surface area contributed by atoms with Crippen molar-refractivity contribution in [1.82, 2.24) is 0 Å². The van der Waals surface area contributed by atoms with Gasteiger partial charge in [-0.25, -0.2) is 8.78 Å². The summed E-state index contributed by atoms with van der Waals surface area (Å²) >= 11 is 11.1. The van der Waals surface area contributed by atoms with Gasteiger partial charge in [-0.1, -0.05) is 36.2 Å². The number of rotatable bonds is 5. The van der Waals surface area contributed by atoms with Crippen LogP contribution in [0.5, 0.6) is 0 Å². The zero-order valence-electron chi connectivity index (χ0n) is 17.9. The first-order valence-corrected chi connectivity index (χ1v) is 10.9. The SMILES string of the molecule is CC(Cc1ccc(N2CCC(c3cc(Cl)c(F)c(Cl)c3F)(C(F)(F)F)C2)cc1C(F)(F)F)C(N)=O. The summed E-state index contributed by atoms with van der Waals surface area (Å²) in [4.78, 5) is 12.3. The van der Waals surface area contributed by atoms with Gasteiger partial charge in [0, 0.05) is 30.3 Å². The van der Waals surface area contributed by atoms with E-state index in [1.807, 2.05) is 0 Å². The smallest absolute Gasteiger partial charge is 0.370 e. The van der Waals surface area contributed by atoms with Crippen LogP contribution in [0.15, 0.2) is 24.3 Å². The van der Waals surface area contributed by atoms with Crippen LogP contribution in [0.1, 0.15) is 30.0 Å². The van der Waals surface area contributed by atoms with Crippen molar-refractivity contribution >= 4 is 34.8 Å². The molecule has 0 aliphatic carbocycles. The van der Waals surface area contributed by atoms with Crippen LogP contribution in [-0.2, 0) is 22.8 Å². The van der Waals surface area contributed by atoms with E-state index in [1.54, 1.807) is 0 Å². The van der Waals surface area contributed by atoms with Gasteiger partial charge in [0.25, 0.3) is 0 Å². The Labute approximate surface area is 204 Å². The molecule has 192 valence electrons. The fourth-order valence-electron chi connectivity index (χ4n) is 4.19. The molecule has 2 atom stereocenters. The van der Waals surface area contributed by atoms with Crippen LogP contribution in [0.4, 0.5) is 40.8 Å². The lowest BCUT2D eigenvalue weighted by molar-refractivity contribution is -0.185. The zero-order valence-corrected chi connectivity index (χ0v) is 19.4. The van der Waals surface area contributed by atoms with Gasteiger partial charge >= 0.3 is 12.4 Å². The van der Waals surface area contributed by atoms with Crippen molar-refractivity contribution in [3.8, 4) is 0 Å². The molecule has 2 N–H and O–H groups in total. The average Bonchev–Trinajstić information content (AvgIpc) is 3.21. The van der Waals surface area contributed by atoms with Gasteiger partial charge in [-0.2, -0.15) is 26.3 Å². The Balaban J connectivity index is 2.07. The second-order valence-corrected chi connectivity index (χ2v) is 9.23. The molecule has 0 aromatic heterocycles. The van der Waals surface area contributed by atoms with E-state index in [0.29, 0.717) is 12.1 Å². The standard InChI is InChI=1S/C22H18Cl2F8N2O/c1-10(19(33)35)6-11-2-3-12(7-13(11)21(27,28)29)34-5-4-20(9-34,22(30,31)32)14-8-15(23)18(26)16(24)17(14)25/h2-3,7-8,10H,4-6,9H2,1H3,(H2,33,35). The van der Waals surface area contributed by atoms with E-state index in [-0.39, 0.29) is 24.2 Å². The number of nitrogens with two attached hydrogens (primary N) is 1. The van der Waals surface area contributed by atoms with Crippen molar-refractivity contribution in [2.45, 2.75) is 37.5 Å². The molecule has 2 aromatic rings. The highest BCUT2D eigenvalue weighted by Crippen LogP contribution is 2.51. The summed E-state index contributed by atoms with van der Waals surface area (Å²) in [6.45, 7) is 0.00198. The first-order valence-electron chi connectivity index (χ1n) is 10.1. The molecule has 1 saturated heterocycles. The average molecular weight is 549 g/mol. The quantitative estimate of drug-likeness (QED) is 0.258. The molecule has 3 rings (SSSR count). The van der Waals surface area contributed by atoms with E-state index in [0.717, 1.165) is 11.0 Å². The molecule has 1 heterocycles. The van der Waals surface area contributed by atoms with Crippen LogP contribution < -0.4 is 10.6 Å². The molecule has 1 aliphatic rings. The van der Waals surface area contributed by atoms with E-state index in [2.05, 4.69) is 0 Å². The molecule has 0 spiro atoms. The van der Waals surface area contributed by atoms with Crippen molar-refractivity contribution in [2.24, 2.45) is 11.7 Å². The van der Waals surface area contributed by atoms with Gasteiger partial charge in [0.2, 0.25) is 5.91 Å². The van der Waals surface area contributed by atoms with E-state index in [1.165, 1.54) is 13.0 Å². The fourth-order valence-corrected chi connectivity index (χ4v) is 4.64. The molecule has 3 nitrogen and oxygen atoms in total. The molecule has 0 bridgehead atoms. The van der Waals surface area contributed by atoms with E-state index >= 15 is 0 Å². The Morgan fingerprint density at radius 1 is 1.11 bits per heavy atom. The lowest BCUT2D eigenvalue weighted by atomic mass is 9.78. The maximum atomic E-state index is 14.7. The maximum Gasteiger partial charge on any atom is 0.416 e. The molecule has 13 heteroatoms. The van der Waals surface area contributed by atoms with E-state index < -0.39 is 75.4 Å². The highest BCUT2D eigenvalue weighted by atomic mass is 35.5. The number of anilines is 1. The van der Waals surface area contributed by atoms with Crippen molar-refractivity contribution < 1.29 is 39.9 Å². The maximum absolute atomic E-state index is 14.7. The van der Waals surface area contributed by atoms with Crippen molar-refractivity contribution in [2.75, 3.05) is 18.0 Å². The fraction of sp³-hybridized carbons (Fsp3) is 0.409. The number of carbonyl (C=O) groups excluding carboxylic acids is 1. The zero-order chi connectivity index (χ0) is 26.5. The molecule has 1 fully saturated rings. The second kappa shape index (κ2) is 9.31. The molecule has 0 radical (unpaired) electrons. The molecular weight excluding hydrogens is 531 g/mol. The van der Waals surface area contributed by atoms with Crippen LogP contribution >= 0.6 is 23.2 Å². The molecule has 1 aliphatic heterocycles.